The quantitative estimate of drug-likeness (QED) is 0.475. The Morgan fingerprint density at radius 2 is 2.30 bits per heavy atom. The number of hydrogen-bond donors (Lipinski definition) is 3. The molecule has 0 bridgehead atoms. The van der Waals surface area contributed by atoms with Crippen molar-refractivity contribution in [3.8, 4) is 11.8 Å². The molecule has 0 aromatic carbocycles. The number of carbonyl (C=O) groups is 2. The van der Waals surface area contributed by atoms with Gasteiger partial charge in [-0.3, -0.25) is 9.59 Å². The Bertz CT molecular complexity index is 516. The van der Waals surface area contributed by atoms with Crippen molar-refractivity contribution in [1.82, 2.24) is 5.32 Å². The summed E-state index contributed by atoms with van der Waals surface area (Å²) in [5, 5.41) is 13.1. The number of hydrogen-bond acceptors (Lipinski definition) is 5. The molecule has 6 nitrogen and oxygen atoms in total. The van der Waals surface area contributed by atoms with Crippen molar-refractivity contribution in [2.75, 3.05) is 26.4 Å². The van der Waals surface area contributed by atoms with Crippen LogP contribution in [0.5, 0.6) is 0 Å². The molecular formula is C13H16N2O4S. The predicted molar refractivity (Wildman–Crippen MR) is 75.2 cm³/mol. The second kappa shape index (κ2) is 9.09. The van der Waals surface area contributed by atoms with Gasteiger partial charge in [0, 0.05) is 18.5 Å². The molecule has 4 N–H and O–H groups in total. The van der Waals surface area contributed by atoms with E-state index in [1.807, 2.05) is 0 Å². The first-order chi connectivity index (χ1) is 9.65. The first-order valence-corrected chi connectivity index (χ1v) is 6.84. The molecule has 0 saturated heterocycles. The molecule has 1 aromatic rings. The fourth-order valence-electron chi connectivity index (χ4n) is 1.29. The van der Waals surface area contributed by atoms with Gasteiger partial charge < -0.3 is 20.9 Å². The van der Waals surface area contributed by atoms with Crippen molar-refractivity contribution in [3.05, 3.63) is 21.9 Å². The first-order valence-electron chi connectivity index (χ1n) is 5.96. The Balaban J connectivity index is 2.42. The van der Waals surface area contributed by atoms with Gasteiger partial charge in [0.15, 0.2) is 0 Å². The van der Waals surface area contributed by atoms with Crippen LogP contribution in [0.4, 0.5) is 0 Å². The van der Waals surface area contributed by atoms with Gasteiger partial charge in [-0.05, 0) is 11.4 Å². The van der Waals surface area contributed by atoms with Crippen LogP contribution in [-0.4, -0.2) is 43.3 Å². The van der Waals surface area contributed by atoms with E-state index >= 15 is 0 Å². The lowest BCUT2D eigenvalue weighted by atomic mass is 10.2. The van der Waals surface area contributed by atoms with Gasteiger partial charge in [-0.2, -0.15) is 0 Å². The van der Waals surface area contributed by atoms with Crippen molar-refractivity contribution in [2.45, 2.75) is 6.42 Å². The summed E-state index contributed by atoms with van der Waals surface area (Å²) in [5.41, 5.74) is 5.54. The normalized spacial score (nSPS) is 9.65. The fourth-order valence-corrected chi connectivity index (χ4v) is 2.05. The number of nitrogens with two attached hydrogens (primary N) is 1. The van der Waals surface area contributed by atoms with E-state index < -0.39 is 5.91 Å². The molecule has 1 heterocycles. The Morgan fingerprint density at radius 1 is 1.50 bits per heavy atom. The number of rotatable bonds is 7. The number of carbonyl (C=O) groups excluding carboxylic acids is 2. The minimum absolute atomic E-state index is 0.00410. The number of nitrogens with one attached hydrogen (secondary N) is 1. The number of thiophene rings is 1. The van der Waals surface area contributed by atoms with Crippen LogP contribution in [0.3, 0.4) is 0 Å². The highest BCUT2D eigenvalue weighted by molar-refractivity contribution is 7.12. The summed E-state index contributed by atoms with van der Waals surface area (Å²) < 4.78 is 4.93. The van der Waals surface area contributed by atoms with Gasteiger partial charge in [0.2, 0.25) is 5.91 Å². The summed E-state index contributed by atoms with van der Waals surface area (Å²) in [7, 11) is 0. The lowest BCUT2D eigenvalue weighted by molar-refractivity contribution is -0.122. The third-order valence-corrected chi connectivity index (χ3v) is 3.02. The van der Waals surface area contributed by atoms with Gasteiger partial charge in [-0.1, -0.05) is 11.8 Å². The van der Waals surface area contributed by atoms with Crippen LogP contribution in [0.1, 0.15) is 21.7 Å². The maximum absolute atomic E-state index is 11.9. The number of ether oxygens (including phenoxy) is 1. The minimum Gasteiger partial charge on any atom is -0.395 e. The van der Waals surface area contributed by atoms with Crippen LogP contribution in [0, 0.1) is 11.8 Å². The van der Waals surface area contributed by atoms with Crippen molar-refractivity contribution in [3.63, 3.8) is 0 Å². The molecule has 7 heteroatoms. The summed E-state index contributed by atoms with van der Waals surface area (Å²) in [6, 6.07) is 1.76. The molecule has 0 aliphatic heterocycles. The fraction of sp³-hybridized carbons (Fsp3) is 0.385. The second-order valence-corrected chi connectivity index (χ2v) is 4.63. The van der Waals surface area contributed by atoms with Crippen molar-refractivity contribution in [1.29, 1.82) is 0 Å². The monoisotopic (exact) mass is 296 g/mol. The van der Waals surface area contributed by atoms with Crippen molar-refractivity contribution in [2.24, 2.45) is 5.73 Å². The molecule has 0 aliphatic rings. The van der Waals surface area contributed by atoms with E-state index in [2.05, 4.69) is 17.2 Å². The summed E-state index contributed by atoms with van der Waals surface area (Å²) in [4.78, 5) is 22.8. The SMILES string of the molecule is NC(=O)COCCNC(=O)c1sccc1C#CCCO. The lowest BCUT2D eigenvalue weighted by Crippen LogP contribution is -2.28. The van der Waals surface area contributed by atoms with E-state index in [1.54, 1.807) is 11.4 Å². The lowest BCUT2D eigenvalue weighted by Gasteiger charge is -2.04. The van der Waals surface area contributed by atoms with Gasteiger partial charge in [0.05, 0.1) is 13.2 Å². The maximum atomic E-state index is 11.9. The molecule has 0 unspecified atom stereocenters. The van der Waals surface area contributed by atoms with Gasteiger partial charge in [0.1, 0.15) is 11.5 Å². The zero-order valence-electron chi connectivity index (χ0n) is 10.8. The van der Waals surface area contributed by atoms with Crippen LogP contribution in [0.15, 0.2) is 11.4 Å². The molecule has 108 valence electrons. The van der Waals surface area contributed by atoms with Crippen molar-refractivity contribution < 1.29 is 19.4 Å². The van der Waals surface area contributed by atoms with Crippen molar-refractivity contribution >= 4 is 23.2 Å². The number of amides is 2. The van der Waals surface area contributed by atoms with Gasteiger partial charge in [-0.15, -0.1) is 11.3 Å². The Kier molecular flexibility index (Phi) is 7.35. The van der Waals surface area contributed by atoms with E-state index in [1.165, 1.54) is 11.3 Å². The summed E-state index contributed by atoms with van der Waals surface area (Å²) in [5.74, 6) is 4.83. The molecule has 20 heavy (non-hydrogen) atoms. The van der Waals surface area contributed by atoms with E-state index in [9.17, 15) is 9.59 Å². The molecule has 0 fully saturated rings. The Hall–Kier alpha value is -1.88. The zero-order valence-corrected chi connectivity index (χ0v) is 11.7. The minimum atomic E-state index is -0.545. The van der Waals surface area contributed by atoms with E-state index in [0.29, 0.717) is 16.9 Å². The molecule has 1 aromatic heterocycles. The van der Waals surface area contributed by atoms with E-state index in [0.717, 1.165) is 0 Å². The standard InChI is InChI=1S/C13H16N2O4S/c14-11(17)9-19-7-5-15-13(18)12-10(4-8-20-12)3-1-2-6-16/h4,8,16H,2,5-7,9H2,(H2,14,17)(H,15,18). The maximum Gasteiger partial charge on any atom is 0.262 e. The molecule has 0 atom stereocenters. The molecule has 0 saturated carbocycles. The van der Waals surface area contributed by atoms with E-state index in [-0.39, 0.29) is 32.3 Å². The number of aliphatic hydroxyl groups is 1. The van der Waals surface area contributed by atoms with Crippen LogP contribution < -0.4 is 11.1 Å². The second-order valence-electron chi connectivity index (χ2n) is 3.71. The predicted octanol–water partition coefficient (Wildman–Crippen LogP) is -0.286. The smallest absolute Gasteiger partial charge is 0.262 e. The Morgan fingerprint density at radius 3 is 3.00 bits per heavy atom. The van der Waals surface area contributed by atoms with Gasteiger partial charge >= 0.3 is 0 Å². The average molecular weight is 296 g/mol. The first kappa shape index (κ1) is 16.2. The largest absolute Gasteiger partial charge is 0.395 e. The van der Waals surface area contributed by atoms with Crippen LogP contribution in [0.25, 0.3) is 0 Å². The third kappa shape index (κ3) is 5.84. The molecule has 0 spiro atoms. The highest BCUT2D eigenvalue weighted by Gasteiger charge is 2.11. The highest BCUT2D eigenvalue weighted by atomic mass is 32.1. The van der Waals surface area contributed by atoms with Crippen LogP contribution in [-0.2, 0) is 9.53 Å². The van der Waals surface area contributed by atoms with Gasteiger partial charge in [-0.25, -0.2) is 0 Å². The topological polar surface area (TPSA) is 102 Å². The van der Waals surface area contributed by atoms with E-state index in [4.69, 9.17) is 15.6 Å². The molecule has 2 amide bonds. The number of aliphatic hydroxyl groups excluding tert-OH is 1. The van der Waals surface area contributed by atoms with Crippen LogP contribution >= 0.6 is 11.3 Å². The molecule has 0 radical (unpaired) electrons. The number of primary amides is 1. The molecule has 1 rings (SSSR count). The molecular weight excluding hydrogens is 280 g/mol. The van der Waals surface area contributed by atoms with Crippen LogP contribution in [0.2, 0.25) is 0 Å². The highest BCUT2D eigenvalue weighted by Crippen LogP contribution is 2.15. The zero-order chi connectivity index (χ0) is 14.8. The average Bonchev–Trinajstić information content (AvgIpc) is 2.86. The summed E-state index contributed by atoms with van der Waals surface area (Å²) >= 11 is 1.29. The van der Waals surface area contributed by atoms with Gasteiger partial charge in [0.25, 0.3) is 5.91 Å². The summed E-state index contributed by atoms with van der Waals surface area (Å²) in [6.45, 7) is 0.335. The summed E-state index contributed by atoms with van der Waals surface area (Å²) in [6.07, 6.45) is 0.373. The molecule has 0 aliphatic carbocycles. The Labute approximate surface area is 120 Å². The third-order valence-electron chi connectivity index (χ3n) is 2.11.